The van der Waals surface area contributed by atoms with Crippen LogP contribution in [-0.2, 0) is 0 Å². The van der Waals surface area contributed by atoms with Crippen LogP contribution < -0.4 is 21.5 Å². The molecule has 0 spiro atoms. The lowest BCUT2D eigenvalue weighted by Gasteiger charge is -2.12. The third-order valence-electron chi connectivity index (χ3n) is 4.18. The summed E-state index contributed by atoms with van der Waals surface area (Å²) >= 11 is 1.02. The summed E-state index contributed by atoms with van der Waals surface area (Å²) in [6.07, 6.45) is -4.80. The normalized spacial score (nSPS) is 11.5. The topological polar surface area (TPSA) is 127 Å². The molecule has 0 saturated carbocycles. The van der Waals surface area contributed by atoms with Crippen LogP contribution in [0.4, 0.5) is 30.4 Å². The molecule has 0 unspecified atom stereocenters. The van der Waals surface area contributed by atoms with Gasteiger partial charge in [0.25, 0.3) is 5.91 Å². The number of ether oxygens (including phenoxy) is 1. The first kappa shape index (κ1) is 21.2. The fourth-order valence-electron chi connectivity index (χ4n) is 2.99. The van der Waals surface area contributed by atoms with Crippen molar-refractivity contribution in [2.45, 2.75) is 26.1 Å². The number of rotatable bonds is 4. The van der Waals surface area contributed by atoms with E-state index in [1.54, 1.807) is 0 Å². The van der Waals surface area contributed by atoms with Crippen molar-refractivity contribution in [3.8, 4) is 11.8 Å². The Kier molecular flexibility index (Phi) is 5.45. The summed E-state index contributed by atoms with van der Waals surface area (Å²) in [6, 6.07) is 6.73. The van der Waals surface area contributed by atoms with Crippen LogP contribution in [0.15, 0.2) is 24.3 Å². The molecule has 0 atom stereocenters. The van der Waals surface area contributed by atoms with Gasteiger partial charge >= 0.3 is 6.36 Å². The molecule has 11 heteroatoms. The van der Waals surface area contributed by atoms with Gasteiger partial charge in [-0.15, -0.1) is 24.5 Å². The first-order chi connectivity index (χ1) is 14.0. The Morgan fingerprint density at radius 3 is 2.43 bits per heavy atom. The van der Waals surface area contributed by atoms with Crippen molar-refractivity contribution in [1.29, 1.82) is 5.26 Å². The highest BCUT2D eigenvalue weighted by Crippen LogP contribution is 2.40. The molecule has 156 valence electrons. The number of aromatic nitrogens is 1. The second-order valence-electron chi connectivity index (χ2n) is 6.60. The van der Waals surface area contributed by atoms with E-state index in [-0.39, 0.29) is 33.6 Å². The Morgan fingerprint density at radius 1 is 1.27 bits per heavy atom. The maximum atomic E-state index is 12.7. The second kappa shape index (κ2) is 7.72. The molecule has 2 heterocycles. The lowest BCUT2D eigenvalue weighted by Crippen LogP contribution is -2.17. The predicted molar refractivity (Wildman–Crippen MR) is 108 cm³/mol. The van der Waals surface area contributed by atoms with E-state index in [0.29, 0.717) is 15.8 Å². The van der Waals surface area contributed by atoms with Gasteiger partial charge in [0.15, 0.2) is 0 Å². The van der Waals surface area contributed by atoms with Crippen LogP contribution in [-0.4, -0.2) is 17.3 Å². The molecule has 0 fully saturated rings. The van der Waals surface area contributed by atoms with Gasteiger partial charge in [0.05, 0.1) is 11.3 Å². The summed E-state index contributed by atoms with van der Waals surface area (Å²) in [5.41, 5.74) is 13.4. The molecule has 0 aliphatic heterocycles. The first-order valence-electron chi connectivity index (χ1n) is 8.60. The van der Waals surface area contributed by atoms with Crippen LogP contribution in [0.3, 0.4) is 0 Å². The van der Waals surface area contributed by atoms with Crippen molar-refractivity contribution in [2.75, 3.05) is 16.8 Å². The number of nitrogens with zero attached hydrogens (tertiary/aromatic N) is 2. The van der Waals surface area contributed by atoms with E-state index in [2.05, 4.69) is 15.0 Å². The molecular weight excluding hydrogens is 419 g/mol. The summed E-state index contributed by atoms with van der Waals surface area (Å²) in [6.45, 7) is 3.74. The van der Waals surface area contributed by atoms with Gasteiger partial charge in [0.1, 0.15) is 27.3 Å². The Hall–Kier alpha value is -3.52. The number of hydrogen-bond acceptors (Lipinski definition) is 7. The summed E-state index contributed by atoms with van der Waals surface area (Å²) in [5, 5.41) is 12.5. The second-order valence-corrected chi connectivity index (χ2v) is 7.60. The van der Waals surface area contributed by atoms with Crippen molar-refractivity contribution < 1.29 is 22.7 Å². The molecule has 5 N–H and O–H groups in total. The third-order valence-corrected chi connectivity index (χ3v) is 5.28. The summed E-state index contributed by atoms with van der Waals surface area (Å²) in [7, 11) is 0. The Bertz CT molecular complexity index is 1160. The van der Waals surface area contributed by atoms with Crippen molar-refractivity contribution in [3.05, 3.63) is 40.3 Å². The lowest BCUT2D eigenvalue weighted by atomic mass is 9.95. The Morgan fingerprint density at radius 2 is 1.90 bits per heavy atom. The molecule has 0 aliphatic rings. The van der Waals surface area contributed by atoms with E-state index in [1.807, 2.05) is 19.9 Å². The number of halogens is 3. The summed E-state index contributed by atoms with van der Waals surface area (Å²) in [5.74, 6) is -1.01. The molecule has 30 heavy (non-hydrogen) atoms. The number of hydrogen-bond donors (Lipinski definition) is 3. The molecule has 0 bridgehead atoms. The Balaban J connectivity index is 1.95. The minimum Gasteiger partial charge on any atom is -0.406 e. The van der Waals surface area contributed by atoms with Crippen LogP contribution in [0, 0.1) is 11.3 Å². The SMILES string of the molecule is CC(C)c1c(C#N)c(N)nc2sc(C(=O)Nc3ccc(OC(F)(F)F)cc3)c(N)c12. The predicted octanol–water partition coefficient (Wildman–Crippen LogP) is 4.61. The molecule has 7 nitrogen and oxygen atoms in total. The number of carbonyl (C=O) groups excluding carboxylic acids is 1. The van der Waals surface area contributed by atoms with Gasteiger partial charge in [-0.1, -0.05) is 13.8 Å². The van der Waals surface area contributed by atoms with Crippen LogP contribution in [0.1, 0.15) is 40.6 Å². The van der Waals surface area contributed by atoms with Gasteiger partial charge in [-0.25, -0.2) is 4.98 Å². The number of fused-ring (bicyclic) bond motifs is 1. The van der Waals surface area contributed by atoms with Crippen LogP contribution >= 0.6 is 11.3 Å². The average molecular weight is 435 g/mol. The largest absolute Gasteiger partial charge is 0.573 e. The number of nitrogens with two attached hydrogens (primary N) is 2. The van der Waals surface area contributed by atoms with Gasteiger partial charge < -0.3 is 21.5 Å². The number of nitrogens with one attached hydrogen (secondary N) is 1. The smallest absolute Gasteiger partial charge is 0.406 e. The van der Waals surface area contributed by atoms with E-state index in [1.165, 1.54) is 12.1 Å². The summed E-state index contributed by atoms with van der Waals surface area (Å²) < 4.78 is 40.6. The molecule has 0 saturated heterocycles. The molecule has 3 rings (SSSR count). The minimum absolute atomic E-state index is 0.0576. The highest BCUT2D eigenvalue weighted by molar-refractivity contribution is 7.21. The number of nitriles is 1. The fourth-order valence-corrected chi connectivity index (χ4v) is 4.01. The van der Waals surface area contributed by atoms with E-state index < -0.39 is 18.0 Å². The van der Waals surface area contributed by atoms with Gasteiger partial charge in [-0.05, 0) is 35.7 Å². The third kappa shape index (κ3) is 4.08. The van der Waals surface area contributed by atoms with Crippen LogP contribution in [0.2, 0.25) is 0 Å². The monoisotopic (exact) mass is 435 g/mol. The molecule has 0 aliphatic carbocycles. The molecular formula is C19H16F3N5O2S. The molecule has 0 radical (unpaired) electrons. The number of anilines is 3. The summed E-state index contributed by atoms with van der Waals surface area (Å²) in [4.78, 5) is 17.5. The number of alkyl halides is 3. The molecule has 2 aromatic heterocycles. The zero-order valence-electron chi connectivity index (χ0n) is 15.8. The van der Waals surface area contributed by atoms with Gasteiger partial charge in [-0.3, -0.25) is 4.79 Å². The van der Waals surface area contributed by atoms with Gasteiger partial charge in [0.2, 0.25) is 0 Å². The number of benzene rings is 1. The standard InChI is InChI=1S/C19H16F3N5O2S/c1-8(2)12-11(7-23)16(25)27-18-13(12)14(24)15(30-18)17(28)26-9-3-5-10(6-4-9)29-19(20,21)22/h3-6,8H,24H2,1-2H3,(H2,25,27)(H,26,28). The zero-order chi connectivity index (χ0) is 22.2. The highest BCUT2D eigenvalue weighted by Gasteiger charge is 2.31. The van der Waals surface area contributed by atoms with Gasteiger partial charge in [0, 0.05) is 11.1 Å². The molecule has 1 aromatic carbocycles. The quantitative estimate of drug-likeness (QED) is 0.549. The number of carbonyl (C=O) groups is 1. The number of nitrogen functional groups attached to an aromatic ring is 2. The van der Waals surface area contributed by atoms with Crippen molar-refractivity contribution in [1.82, 2.24) is 4.98 Å². The van der Waals surface area contributed by atoms with Gasteiger partial charge in [-0.2, -0.15) is 5.26 Å². The van der Waals surface area contributed by atoms with Crippen molar-refractivity contribution in [3.63, 3.8) is 0 Å². The number of amides is 1. The highest BCUT2D eigenvalue weighted by atomic mass is 32.1. The van der Waals surface area contributed by atoms with Crippen LogP contribution in [0.25, 0.3) is 10.2 Å². The lowest BCUT2D eigenvalue weighted by molar-refractivity contribution is -0.274. The number of pyridine rings is 1. The Labute approximate surface area is 173 Å². The van der Waals surface area contributed by atoms with E-state index in [4.69, 9.17) is 11.5 Å². The molecule has 3 aromatic rings. The number of thiophene rings is 1. The maximum absolute atomic E-state index is 12.7. The van der Waals surface area contributed by atoms with Crippen molar-refractivity contribution in [2.24, 2.45) is 0 Å². The maximum Gasteiger partial charge on any atom is 0.573 e. The van der Waals surface area contributed by atoms with Crippen molar-refractivity contribution >= 4 is 44.7 Å². The van der Waals surface area contributed by atoms with E-state index >= 15 is 0 Å². The minimum atomic E-state index is -4.80. The average Bonchev–Trinajstić information content (AvgIpc) is 2.97. The fraction of sp³-hybridized carbons (Fsp3) is 0.211. The van der Waals surface area contributed by atoms with E-state index in [0.717, 1.165) is 23.5 Å². The van der Waals surface area contributed by atoms with Crippen LogP contribution in [0.5, 0.6) is 5.75 Å². The van der Waals surface area contributed by atoms with E-state index in [9.17, 15) is 23.2 Å². The molecule has 1 amide bonds. The first-order valence-corrected chi connectivity index (χ1v) is 9.42. The zero-order valence-corrected chi connectivity index (χ0v) is 16.6.